The Kier molecular flexibility index (Phi) is 7.92. The van der Waals surface area contributed by atoms with E-state index in [4.69, 9.17) is 0 Å². The minimum Gasteiger partial charge on any atom is -0.341 e. The number of carbonyl (C=O) groups excluding carboxylic acids is 1. The molecule has 1 amide bonds. The van der Waals surface area contributed by atoms with Crippen molar-refractivity contribution in [3.05, 3.63) is 108 Å². The highest BCUT2D eigenvalue weighted by atomic mass is 16.2. The third-order valence-corrected chi connectivity index (χ3v) is 9.64. The lowest BCUT2D eigenvalue weighted by Crippen LogP contribution is -2.40. The molecule has 1 saturated carbocycles. The molecule has 0 spiro atoms. The van der Waals surface area contributed by atoms with Crippen molar-refractivity contribution in [2.24, 2.45) is 11.8 Å². The van der Waals surface area contributed by atoms with Gasteiger partial charge in [0.05, 0.1) is 0 Å². The maximum Gasteiger partial charge on any atom is 0.226 e. The van der Waals surface area contributed by atoms with E-state index in [1.165, 1.54) is 42.4 Å². The van der Waals surface area contributed by atoms with Crippen LogP contribution in [0, 0.1) is 11.8 Å². The van der Waals surface area contributed by atoms with E-state index in [-0.39, 0.29) is 5.92 Å². The van der Waals surface area contributed by atoms with Crippen molar-refractivity contribution in [2.75, 3.05) is 32.7 Å². The van der Waals surface area contributed by atoms with Gasteiger partial charge in [0.25, 0.3) is 0 Å². The molecule has 0 aromatic heterocycles. The molecule has 6 rings (SSSR count). The van der Waals surface area contributed by atoms with Gasteiger partial charge in [0.1, 0.15) is 0 Å². The van der Waals surface area contributed by atoms with E-state index in [0.717, 1.165) is 45.6 Å². The summed E-state index contributed by atoms with van der Waals surface area (Å²) in [5.74, 6) is 2.50. The largest absolute Gasteiger partial charge is 0.341 e. The van der Waals surface area contributed by atoms with Crippen LogP contribution in [0.15, 0.2) is 91.0 Å². The van der Waals surface area contributed by atoms with E-state index in [1.54, 1.807) is 0 Å². The van der Waals surface area contributed by atoms with Crippen LogP contribution in [-0.4, -0.2) is 48.4 Å². The van der Waals surface area contributed by atoms with Gasteiger partial charge in [0.2, 0.25) is 5.91 Å². The van der Waals surface area contributed by atoms with Crippen LogP contribution in [-0.2, 0) is 4.79 Å². The first-order chi connectivity index (χ1) is 18.8. The second-order valence-electron chi connectivity index (χ2n) is 11.9. The molecule has 3 aromatic rings. The van der Waals surface area contributed by atoms with Crippen LogP contribution in [0.2, 0.25) is 0 Å². The number of hydrogen-bond acceptors (Lipinski definition) is 2. The number of amides is 1. The summed E-state index contributed by atoms with van der Waals surface area (Å²) < 4.78 is 0. The van der Waals surface area contributed by atoms with E-state index in [9.17, 15) is 4.79 Å². The molecule has 3 aromatic carbocycles. The maximum atomic E-state index is 14.1. The van der Waals surface area contributed by atoms with Gasteiger partial charge in [-0.15, -0.1) is 0 Å². The number of rotatable bonds is 6. The first-order valence-electron chi connectivity index (χ1n) is 14.9. The van der Waals surface area contributed by atoms with Crippen molar-refractivity contribution < 1.29 is 4.79 Å². The second-order valence-corrected chi connectivity index (χ2v) is 11.9. The lowest BCUT2D eigenvalue weighted by atomic mass is 9.75. The van der Waals surface area contributed by atoms with Crippen molar-refractivity contribution in [2.45, 2.75) is 56.3 Å². The molecule has 38 heavy (non-hydrogen) atoms. The Balaban J connectivity index is 1.15. The Bertz CT molecular complexity index is 1160. The number of likely N-dealkylation sites (tertiary alicyclic amines) is 2. The van der Waals surface area contributed by atoms with E-state index in [1.807, 2.05) is 0 Å². The Labute approximate surface area is 228 Å². The molecule has 2 aliphatic heterocycles. The molecule has 3 heteroatoms. The van der Waals surface area contributed by atoms with Crippen LogP contribution >= 0.6 is 0 Å². The number of carbonyl (C=O) groups is 1. The highest BCUT2D eigenvalue weighted by Crippen LogP contribution is 2.41. The minimum absolute atomic E-state index is 0.128. The summed E-state index contributed by atoms with van der Waals surface area (Å²) in [6, 6.07) is 32.8. The van der Waals surface area contributed by atoms with Gasteiger partial charge < -0.3 is 9.80 Å². The predicted octanol–water partition coefficient (Wildman–Crippen LogP) is 7.08. The van der Waals surface area contributed by atoms with Crippen molar-refractivity contribution in [1.82, 2.24) is 9.80 Å². The highest BCUT2D eigenvalue weighted by molar-refractivity contribution is 5.80. The first kappa shape index (κ1) is 25.4. The molecule has 0 radical (unpaired) electrons. The molecular formula is C35H42N2O. The van der Waals surface area contributed by atoms with E-state index in [0.29, 0.717) is 29.6 Å². The summed E-state index contributed by atoms with van der Waals surface area (Å²) in [6.45, 7) is 5.17. The Hall–Kier alpha value is -2.91. The topological polar surface area (TPSA) is 23.6 Å². The zero-order valence-corrected chi connectivity index (χ0v) is 22.6. The van der Waals surface area contributed by atoms with Gasteiger partial charge in [-0.2, -0.15) is 0 Å². The van der Waals surface area contributed by atoms with Crippen molar-refractivity contribution in [1.29, 1.82) is 0 Å². The number of piperidine rings is 1. The molecule has 3 nitrogen and oxygen atoms in total. The summed E-state index contributed by atoms with van der Waals surface area (Å²) in [5, 5.41) is 0. The summed E-state index contributed by atoms with van der Waals surface area (Å²) in [4.78, 5) is 19.0. The molecular weight excluding hydrogens is 464 g/mol. The molecule has 3 aliphatic rings. The zero-order chi connectivity index (χ0) is 25.7. The fourth-order valence-corrected chi connectivity index (χ4v) is 7.58. The van der Waals surface area contributed by atoms with Crippen LogP contribution in [0.5, 0.6) is 0 Å². The number of benzene rings is 3. The fraction of sp³-hybridized carbons (Fsp3) is 0.457. The zero-order valence-electron chi connectivity index (χ0n) is 22.6. The Morgan fingerprint density at radius 1 is 0.632 bits per heavy atom. The summed E-state index contributed by atoms with van der Waals surface area (Å²) in [7, 11) is 0. The first-order valence-corrected chi connectivity index (χ1v) is 14.9. The highest BCUT2D eigenvalue weighted by Gasteiger charge is 2.41. The van der Waals surface area contributed by atoms with Crippen molar-refractivity contribution in [3.8, 4) is 0 Å². The second kappa shape index (κ2) is 11.9. The van der Waals surface area contributed by atoms with Crippen LogP contribution in [0.3, 0.4) is 0 Å². The lowest BCUT2D eigenvalue weighted by molar-refractivity contribution is -0.136. The smallest absolute Gasteiger partial charge is 0.226 e. The monoisotopic (exact) mass is 506 g/mol. The molecule has 3 fully saturated rings. The molecule has 0 bridgehead atoms. The van der Waals surface area contributed by atoms with Crippen LogP contribution in [0.4, 0.5) is 0 Å². The van der Waals surface area contributed by atoms with Gasteiger partial charge >= 0.3 is 0 Å². The minimum atomic E-state index is 0.128. The molecule has 198 valence electrons. The van der Waals surface area contributed by atoms with Crippen LogP contribution in [0.25, 0.3) is 0 Å². The van der Waals surface area contributed by atoms with E-state index < -0.39 is 0 Å². The van der Waals surface area contributed by atoms with Gasteiger partial charge in [-0.3, -0.25) is 4.79 Å². The Morgan fingerprint density at radius 2 is 1.18 bits per heavy atom. The third kappa shape index (κ3) is 5.59. The molecule has 0 N–H and O–H groups in total. The Morgan fingerprint density at radius 3 is 1.82 bits per heavy atom. The quantitative estimate of drug-likeness (QED) is 0.357. The van der Waals surface area contributed by atoms with Gasteiger partial charge in [-0.1, -0.05) is 104 Å². The molecule has 0 unspecified atom stereocenters. The van der Waals surface area contributed by atoms with Crippen molar-refractivity contribution in [3.63, 3.8) is 0 Å². The number of hydrogen-bond donors (Lipinski definition) is 0. The third-order valence-electron chi connectivity index (χ3n) is 9.64. The normalized spacial score (nSPS) is 26.9. The summed E-state index contributed by atoms with van der Waals surface area (Å²) in [6.07, 6.45) is 7.04. The summed E-state index contributed by atoms with van der Waals surface area (Å²) >= 11 is 0. The molecule has 2 heterocycles. The SMILES string of the molecule is O=C([C@@H]1CCCC[C@@H]1c1ccccc1)N1C[C@H](CN2CCC(c3ccccc3)CC2)[C@@H](c2ccccc2)C1. The average Bonchev–Trinajstić information content (AvgIpc) is 3.42. The molecule has 1 aliphatic carbocycles. The van der Waals surface area contributed by atoms with Gasteiger partial charge in [-0.05, 0) is 73.2 Å². The van der Waals surface area contributed by atoms with Gasteiger partial charge in [0, 0.05) is 31.5 Å². The number of nitrogens with zero attached hydrogens (tertiary/aromatic N) is 2. The van der Waals surface area contributed by atoms with Crippen molar-refractivity contribution >= 4 is 5.91 Å². The summed E-state index contributed by atoms with van der Waals surface area (Å²) in [5.41, 5.74) is 4.24. The molecule has 4 atom stereocenters. The van der Waals surface area contributed by atoms with Gasteiger partial charge in [-0.25, -0.2) is 0 Å². The lowest BCUT2D eigenvalue weighted by Gasteiger charge is -2.35. The predicted molar refractivity (Wildman–Crippen MR) is 155 cm³/mol. The standard InChI is InChI=1S/C35H42N2O/c38-35(33-19-11-10-18-32(33)29-14-6-2-7-15-29)37-25-31(34(26-37)30-16-8-3-9-17-30)24-36-22-20-28(21-23-36)27-12-4-1-5-13-27/h1-9,12-17,28,31-34H,10-11,18-26H2/t31-,32+,33+,34+/m0/s1. The average molecular weight is 507 g/mol. The van der Waals surface area contributed by atoms with E-state index in [2.05, 4.69) is 101 Å². The fourth-order valence-electron chi connectivity index (χ4n) is 7.58. The maximum absolute atomic E-state index is 14.1. The van der Waals surface area contributed by atoms with Crippen LogP contribution < -0.4 is 0 Å². The molecule has 2 saturated heterocycles. The van der Waals surface area contributed by atoms with Crippen LogP contribution in [0.1, 0.15) is 73.0 Å². The van der Waals surface area contributed by atoms with E-state index >= 15 is 0 Å². The van der Waals surface area contributed by atoms with Gasteiger partial charge in [0.15, 0.2) is 0 Å².